The molecule has 98 valence electrons. The van der Waals surface area contributed by atoms with E-state index in [0.29, 0.717) is 25.7 Å². The molecule has 0 radical (unpaired) electrons. The molecule has 4 heteroatoms. The van der Waals surface area contributed by atoms with E-state index in [2.05, 4.69) is 5.32 Å². The number of aryl methyl sites for hydroxylation is 1. The van der Waals surface area contributed by atoms with Crippen molar-refractivity contribution in [3.05, 3.63) is 35.9 Å². The summed E-state index contributed by atoms with van der Waals surface area (Å²) in [6.07, 6.45) is 0.751. The molecule has 18 heavy (non-hydrogen) atoms. The molecule has 0 bridgehead atoms. The topological polar surface area (TPSA) is 69.6 Å². The Balaban J connectivity index is 1.76. The Morgan fingerprint density at radius 1 is 1.22 bits per heavy atom. The fraction of sp³-hybridized carbons (Fsp3) is 0.500. The number of rotatable bonds is 4. The number of nitrogens with one attached hydrogen (secondary N) is 1. The number of amides is 1. The highest BCUT2D eigenvalue weighted by Gasteiger charge is 2.33. The van der Waals surface area contributed by atoms with Crippen LogP contribution in [0.4, 0.5) is 0 Å². The lowest BCUT2D eigenvalue weighted by Crippen LogP contribution is -2.43. The van der Waals surface area contributed by atoms with Crippen LogP contribution in [0.25, 0.3) is 0 Å². The van der Waals surface area contributed by atoms with E-state index in [-0.39, 0.29) is 11.9 Å². The van der Waals surface area contributed by atoms with Gasteiger partial charge in [0.15, 0.2) is 0 Å². The van der Waals surface area contributed by atoms with Crippen LogP contribution in [0.3, 0.4) is 0 Å². The molecule has 3 N–H and O–H groups in total. The van der Waals surface area contributed by atoms with E-state index in [1.807, 2.05) is 30.3 Å². The minimum Gasteiger partial charge on any atom is -0.390 e. The van der Waals surface area contributed by atoms with Crippen molar-refractivity contribution in [1.82, 2.24) is 5.32 Å². The molecule has 0 aromatic heterocycles. The van der Waals surface area contributed by atoms with Gasteiger partial charge >= 0.3 is 0 Å². The summed E-state index contributed by atoms with van der Waals surface area (Å²) in [4.78, 5) is 11.7. The molecular weight excluding hydrogens is 230 g/mol. The lowest BCUT2D eigenvalue weighted by molar-refractivity contribution is -0.122. The SMILES string of the molecule is O=C(CCc1ccccc1)N[C@@H]1CC[C@@H](O)[C@@H]1O. The van der Waals surface area contributed by atoms with Crippen molar-refractivity contribution in [1.29, 1.82) is 0 Å². The third kappa shape index (κ3) is 3.31. The quantitative estimate of drug-likeness (QED) is 0.732. The summed E-state index contributed by atoms with van der Waals surface area (Å²) in [5.41, 5.74) is 1.12. The predicted octanol–water partition coefficient (Wildman–Crippen LogP) is 0.620. The second kappa shape index (κ2) is 5.98. The Kier molecular flexibility index (Phi) is 4.33. The predicted molar refractivity (Wildman–Crippen MR) is 67.9 cm³/mol. The molecule has 2 rings (SSSR count). The molecule has 0 heterocycles. The Bertz CT molecular complexity index is 393. The van der Waals surface area contributed by atoms with Crippen LogP contribution in [0.15, 0.2) is 30.3 Å². The fourth-order valence-electron chi connectivity index (χ4n) is 2.30. The number of carbonyl (C=O) groups excluding carboxylic acids is 1. The lowest BCUT2D eigenvalue weighted by Gasteiger charge is -2.17. The first-order valence-corrected chi connectivity index (χ1v) is 6.36. The van der Waals surface area contributed by atoms with Crippen LogP contribution in [0, 0.1) is 0 Å². The van der Waals surface area contributed by atoms with Gasteiger partial charge in [0.05, 0.1) is 18.2 Å². The van der Waals surface area contributed by atoms with Crippen LogP contribution in [-0.4, -0.2) is 34.4 Å². The third-order valence-electron chi connectivity index (χ3n) is 3.41. The normalized spacial score (nSPS) is 27.1. The van der Waals surface area contributed by atoms with Crippen molar-refractivity contribution < 1.29 is 15.0 Å². The van der Waals surface area contributed by atoms with E-state index >= 15 is 0 Å². The van der Waals surface area contributed by atoms with Crippen LogP contribution in [0.5, 0.6) is 0 Å². The second-order valence-electron chi connectivity index (χ2n) is 4.79. The van der Waals surface area contributed by atoms with Crippen LogP contribution >= 0.6 is 0 Å². The zero-order chi connectivity index (χ0) is 13.0. The van der Waals surface area contributed by atoms with E-state index in [1.54, 1.807) is 0 Å². The molecule has 4 nitrogen and oxygen atoms in total. The molecule has 0 aliphatic heterocycles. The monoisotopic (exact) mass is 249 g/mol. The first kappa shape index (κ1) is 13.1. The maximum atomic E-state index is 11.7. The molecule has 1 aliphatic carbocycles. The second-order valence-corrected chi connectivity index (χ2v) is 4.79. The van der Waals surface area contributed by atoms with Gasteiger partial charge in [-0.2, -0.15) is 0 Å². The van der Waals surface area contributed by atoms with E-state index in [4.69, 9.17) is 0 Å². The van der Waals surface area contributed by atoms with E-state index in [9.17, 15) is 15.0 Å². The molecule has 3 atom stereocenters. The van der Waals surface area contributed by atoms with Crippen LogP contribution < -0.4 is 5.32 Å². The van der Waals surface area contributed by atoms with Crippen molar-refractivity contribution in [3.8, 4) is 0 Å². The van der Waals surface area contributed by atoms with Gasteiger partial charge < -0.3 is 15.5 Å². The van der Waals surface area contributed by atoms with Gasteiger partial charge in [-0.25, -0.2) is 0 Å². The Hall–Kier alpha value is -1.39. The lowest BCUT2D eigenvalue weighted by atomic mass is 10.1. The molecule has 1 saturated carbocycles. The minimum absolute atomic E-state index is 0.0722. The third-order valence-corrected chi connectivity index (χ3v) is 3.41. The first-order valence-electron chi connectivity index (χ1n) is 6.36. The Morgan fingerprint density at radius 3 is 2.56 bits per heavy atom. The van der Waals surface area contributed by atoms with Gasteiger partial charge in [-0.3, -0.25) is 4.79 Å². The molecule has 1 amide bonds. The average Bonchev–Trinajstić information content (AvgIpc) is 2.70. The highest BCUT2D eigenvalue weighted by molar-refractivity contribution is 5.76. The summed E-state index contributed by atoms with van der Waals surface area (Å²) in [6.45, 7) is 0. The molecular formula is C14H19NO3. The van der Waals surface area contributed by atoms with E-state index in [0.717, 1.165) is 5.56 Å². The van der Waals surface area contributed by atoms with Gasteiger partial charge in [0, 0.05) is 6.42 Å². The fourth-order valence-corrected chi connectivity index (χ4v) is 2.30. The summed E-state index contributed by atoms with van der Waals surface area (Å²) in [5, 5.41) is 21.8. The summed E-state index contributed by atoms with van der Waals surface area (Å²) in [7, 11) is 0. The largest absolute Gasteiger partial charge is 0.390 e. The molecule has 0 saturated heterocycles. The molecule has 0 spiro atoms. The molecule has 1 aromatic carbocycles. The van der Waals surface area contributed by atoms with Crippen molar-refractivity contribution in [2.24, 2.45) is 0 Å². The standard InChI is InChI=1S/C14H19NO3/c16-12-8-7-11(14(12)18)15-13(17)9-6-10-4-2-1-3-5-10/h1-5,11-12,14,16,18H,6-9H2,(H,15,17)/t11-,12-,14-/m1/s1. The maximum Gasteiger partial charge on any atom is 0.220 e. The van der Waals surface area contributed by atoms with Crippen molar-refractivity contribution in [2.45, 2.75) is 43.9 Å². The zero-order valence-corrected chi connectivity index (χ0v) is 10.2. The molecule has 1 aliphatic rings. The van der Waals surface area contributed by atoms with Gasteiger partial charge in [0.2, 0.25) is 5.91 Å². The van der Waals surface area contributed by atoms with Crippen molar-refractivity contribution in [3.63, 3.8) is 0 Å². The number of aliphatic hydroxyl groups excluding tert-OH is 2. The Morgan fingerprint density at radius 2 is 1.94 bits per heavy atom. The van der Waals surface area contributed by atoms with Gasteiger partial charge in [-0.05, 0) is 24.8 Å². The summed E-state index contributed by atoms with van der Waals surface area (Å²) < 4.78 is 0. The summed E-state index contributed by atoms with van der Waals surface area (Å²) in [5.74, 6) is -0.0722. The van der Waals surface area contributed by atoms with Crippen LogP contribution in [0.1, 0.15) is 24.8 Å². The maximum absolute atomic E-state index is 11.7. The van der Waals surface area contributed by atoms with Gasteiger partial charge in [-0.1, -0.05) is 30.3 Å². The zero-order valence-electron chi connectivity index (χ0n) is 10.2. The van der Waals surface area contributed by atoms with Crippen LogP contribution in [0.2, 0.25) is 0 Å². The van der Waals surface area contributed by atoms with Gasteiger partial charge in [-0.15, -0.1) is 0 Å². The average molecular weight is 249 g/mol. The Labute approximate surface area is 107 Å². The van der Waals surface area contributed by atoms with E-state index < -0.39 is 12.2 Å². The summed E-state index contributed by atoms with van der Waals surface area (Å²) in [6, 6.07) is 9.51. The summed E-state index contributed by atoms with van der Waals surface area (Å²) >= 11 is 0. The smallest absolute Gasteiger partial charge is 0.220 e. The number of hydrogen-bond donors (Lipinski definition) is 3. The number of benzene rings is 1. The first-order chi connectivity index (χ1) is 8.66. The van der Waals surface area contributed by atoms with Gasteiger partial charge in [0.25, 0.3) is 0 Å². The molecule has 0 unspecified atom stereocenters. The van der Waals surface area contributed by atoms with Crippen molar-refractivity contribution in [2.75, 3.05) is 0 Å². The van der Waals surface area contributed by atoms with Gasteiger partial charge in [0.1, 0.15) is 0 Å². The highest BCUT2D eigenvalue weighted by atomic mass is 16.3. The van der Waals surface area contributed by atoms with E-state index in [1.165, 1.54) is 0 Å². The van der Waals surface area contributed by atoms with Crippen LogP contribution in [-0.2, 0) is 11.2 Å². The number of hydrogen-bond acceptors (Lipinski definition) is 3. The minimum atomic E-state index is -0.828. The highest BCUT2D eigenvalue weighted by Crippen LogP contribution is 2.19. The van der Waals surface area contributed by atoms with Crippen molar-refractivity contribution >= 4 is 5.91 Å². The molecule has 1 fully saturated rings. The molecule has 1 aromatic rings. The number of aliphatic hydroxyl groups is 2. The number of carbonyl (C=O) groups is 1.